The molecule has 2 rings (SSSR count). The SMILES string of the molecule is Cc1cc(C)cc(COc2ccc(Cl)cc2/C=N\O)c1. The predicted molar refractivity (Wildman–Crippen MR) is 81.1 cm³/mol. The first kappa shape index (κ1) is 14.4. The van der Waals surface area contributed by atoms with Crippen LogP contribution < -0.4 is 4.74 Å². The molecule has 0 saturated carbocycles. The van der Waals surface area contributed by atoms with Gasteiger partial charge >= 0.3 is 0 Å². The van der Waals surface area contributed by atoms with Crippen molar-refractivity contribution in [2.75, 3.05) is 0 Å². The number of hydrogen-bond acceptors (Lipinski definition) is 3. The Morgan fingerprint density at radius 2 is 1.85 bits per heavy atom. The number of nitrogens with zero attached hydrogens (tertiary/aromatic N) is 1. The van der Waals surface area contributed by atoms with E-state index in [9.17, 15) is 0 Å². The van der Waals surface area contributed by atoms with Crippen LogP contribution in [0.4, 0.5) is 0 Å². The normalized spacial score (nSPS) is 10.9. The van der Waals surface area contributed by atoms with Crippen molar-refractivity contribution in [3.63, 3.8) is 0 Å². The summed E-state index contributed by atoms with van der Waals surface area (Å²) in [7, 11) is 0. The van der Waals surface area contributed by atoms with Crippen LogP contribution in [-0.4, -0.2) is 11.4 Å². The highest BCUT2D eigenvalue weighted by Crippen LogP contribution is 2.22. The molecule has 2 aromatic rings. The van der Waals surface area contributed by atoms with Crippen molar-refractivity contribution in [3.8, 4) is 5.75 Å². The zero-order valence-corrected chi connectivity index (χ0v) is 12.2. The molecule has 0 bridgehead atoms. The van der Waals surface area contributed by atoms with E-state index in [2.05, 4.69) is 37.2 Å². The van der Waals surface area contributed by atoms with E-state index in [0.29, 0.717) is 22.9 Å². The summed E-state index contributed by atoms with van der Waals surface area (Å²) >= 11 is 5.91. The van der Waals surface area contributed by atoms with Crippen LogP contribution in [0, 0.1) is 13.8 Å². The Hall–Kier alpha value is -2.00. The first-order valence-electron chi connectivity index (χ1n) is 6.25. The van der Waals surface area contributed by atoms with E-state index in [0.717, 1.165) is 5.56 Å². The number of halogens is 1. The summed E-state index contributed by atoms with van der Waals surface area (Å²) in [6, 6.07) is 11.5. The Bertz CT molecular complexity index is 618. The van der Waals surface area contributed by atoms with Crippen LogP contribution in [0.2, 0.25) is 5.02 Å². The number of benzene rings is 2. The minimum Gasteiger partial charge on any atom is -0.488 e. The molecule has 3 nitrogen and oxygen atoms in total. The van der Waals surface area contributed by atoms with Gasteiger partial charge in [-0.25, -0.2) is 0 Å². The molecule has 0 fully saturated rings. The van der Waals surface area contributed by atoms with Crippen LogP contribution in [-0.2, 0) is 6.61 Å². The van der Waals surface area contributed by atoms with Crippen molar-refractivity contribution in [2.45, 2.75) is 20.5 Å². The number of ether oxygens (including phenoxy) is 1. The van der Waals surface area contributed by atoms with Crippen LogP contribution in [0.25, 0.3) is 0 Å². The van der Waals surface area contributed by atoms with Crippen LogP contribution in [0.5, 0.6) is 5.75 Å². The second-order valence-corrected chi connectivity index (χ2v) is 5.15. The maximum Gasteiger partial charge on any atom is 0.128 e. The fourth-order valence-corrected chi connectivity index (χ4v) is 2.31. The highest BCUT2D eigenvalue weighted by atomic mass is 35.5. The predicted octanol–water partition coefficient (Wildman–Crippen LogP) is 4.34. The Morgan fingerprint density at radius 1 is 1.15 bits per heavy atom. The van der Waals surface area contributed by atoms with Crippen molar-refractivity contribution in [3.05, 3.63) is 63.7 Å². The fraction of sp³-hybridized carbons (Fsp3) is 0.188. The Morgan fingerprint density at radius 3 is 2.50 bits per heavy atom. The molecule has 2 aromatic carbocycles. The third kappa shape index (κ3) is 3.75. The zero-order valence-electron chi connectivity index (χ0n) is 11.4. The molecule has 0 atom stereocenters. The summed E-state index contributed by atoms with van der Waals surface area (Å²) in [6.07, 6.45) is 1.31. The minimum atomic E-state index is 0.455. The maximum atomic E-state index is 8.66. The molecule has 0 unspecified atom stereocenters. The monoisotopic (exact) mass is 289 g/mol. The topological polar surface area (TPSA) is 41.8 Å². The molecule has 0 amide bonds. The summed E-state index contributed by atoms with van der Waals surface area (Å²) in [5, 5.41) is 12.3. The maximum absolute atomic E-state index is 8.66. The molecule has 0 aliphatic heterocycles. The van der Waals surface area contributed by atoms with Gasteiger partial charge in [-0.1, -0.05) is 46.1 Å². The quantitative estimate of drug-likeness (QED) is 0.517. The molecule has 0 saturated heterocycles. The highest BCUT2D eigenvalue weighted by molar-refractivity contribution is 6.30. The van der Waals surface area contributed by atoms with E-state index >= 15 is 0 Å². The molecule has 4 heteroatoms. The van der Waals surface area contributed by atoms with E-state index in [-0.39, 0.29) is 0 Å². The van der Waals surface area contributed by atoms with Crippen LogP contribution >= 0.6 is 11.6 Å². The van der Waals surface area contributed by atoms with Gasteiger partial charge in [0.25, 0.3) is 0 Å². The van der Waals surface area contributed by atoms with E-state index in [4.69, 9.17) is 21.5 Å². The van der Waals surface area contributed by atoms with Gasteiger partial charge in [0.1, 0.15) is 12.4 Å². The second-order valence-electron chi connectivity index (χ2n) is 4.71. The standard InChI is InChI=1S/C16H16ClNO2/c1-11-5-12(2)7-13(6-11)10-20-16-4-3-15(17)8-14(16)9-18-19/h3-9,19H,10H2,1-2H3/b18-9-. The van der Waals surface area contributed by atoms with Gasteiger partial charge < -0.3 is 9.94 Å². The smallest absolute Gasteiger partial charge is 0.128 e. The number of hydrogen-bond donors (Lipinski definition) is 1. The van der Waals surface area contributed by atoms with Crippen LogP contribution in [0.3, 0.4) is 0 Å². The van der Waals surface area contributed by atoms with Crippen LogP contribution in [0.1, 0.15) is 22.3 Å². The van der Waals surface area contributed by atoms with Crippen molar-refractivity contribution >= 4 is 17.8 Å². The van der Waals surface area contributed by atoms with E-state index in [1.54, 1.807) is 18.2 Å². The summed E-state index contributed by atoms with van der Waals surface area (Å²) in [4.78, 5) is 0. The molecule has 0 heterocycles. The molecule has 20 heavy (non-hydrogen) atoms. The summed E-state index contributed by atoms with van der Waals surface area (Å²) in [5.74, 6) is 0.631. The largest absolute Gasteiger partial charge is 0.488 e. The third-order valence-corrected chi connectivity index (χ3v) is 3.08. The lowest BCUT2D eigenvalue weighted by molar-refractivity contribution is 0.304. The van der Waals surface area contributed by atoms with Gasteiger partial charge in [0.15, 0.2) is 0 Å². The molecule has 1 N–H and O–H groups in total. The van der Waals surface area contributed by atoms with E-state index in [1.165, 1.54) is 17.3 Å². The zero-order chi connectivity index (χ0) is 14.5. The van der Waals surface area contributed by atoms with Crippen LogP contribution in [0.15, 0.2) is 41.6 Å². The summed E-state index contributed by atoms with van der Waals surface area (Å²) < 4.78 is 5.78. The highest BCUT2D eigenvalue weighted by Gasteiger charge is 2.04. The third-order valence-electron chi connectivity index (χ3n) is 2.84. The van der Waals surface area contributed by atoms with E-state index in [1.807, 2.05) is 0 Å². The van der Waals surface area contributed by atoms with Gasteiger partial charge in [-0.15, -0.1) is 0 Å². The first-order valence-corrected chi connectivity index (χ1v) is 6.63. The molecule has 104 valence electrons. The lowest BCUT2D eigenvalue weighted by atomic mass is 10.1. The van der Waals surface area contributed by atoms with Gasteiger partial charge in [-0.05, 0) is 37.6 Å². The van der Waals surface area contributed by atoms with Crippen molar-refractivity contribution in [1.29, 1.82) is 0 Å². The second kappa shape index (κ2) is 6.44. The molecule has 0 aromatic heterocycles. The van der Waals surface area contributed by atoms with Gasteiger partial charge in [0.2, 0.25) is 0 Å². The van der Waals surface area contributed by atoms with E-state index < -0.39 is 0 Å². The Kier molecular flexibility index (Phi) is 4.64. The Labute approximate surface area is 123 Å². The van der Waals surface area contributed by atoms with Gasteiger partial charge in [0, 0.05) is 10.6 Å². The molecule has 0 radical (unpaired) electrons. The van der Waals surface area contributed by atoms with Gasteiger partial charge in [-0.2, -0.15) is 0 Å². The van der Waals surface area contributed by atoms with Crippen molar-refractivity contribution < 1.29 is 9.94 Å². The minimum absolute atomic E-state index is 0.455. The molecule has 0 spiro atoms. The van der Waals surface area contributed by atoms with Crippen molar-refractivity contribution in [2.24, 2.45) is 5.16 Å². The first-order chi connectivity index (χ1) is 9.58. The Balaban J connectivity index is 2.18. The number of rotatable bonds is 4. The fourth-order valence-electron chi connectivity index (χ4n) is 2.13. The molecule has 0 aliphatic rings. The molecule has 0 aliphatic carbocycles. The van der Waals surface area contributed by atoms with Gasteiger partial charge in [-0.3, -0.25) is 0 Å². The average Bonchev–Trinajstić information content (AvgIpc) is 2.37. The average molecular weight is 290 g/mol. The summed E-state index contributed by atoms with van der Waals surface area (Å²) in [5.41, 5.74) is 4.16. The lowest BCUT2D eigenvalue weighted by Gasteiger charge is -2.10. The van der Waals surface area contributed by atoms with Crippen molar-refractivity contribution in [1.82, 2.24) is 0 Å². The molecular weight excluding hydrogens is 274 g/mol. The lowest BCUT2D eigenvalue weighted by Crippen LogP contribution is -1.99. The number of aryl methyl sites for hydroxylation is 2. The van der Waals surface area contributed by atoms with Gasteiger partial charge in [0.05, 0.1) is 6.21 Å². The molecular formula is C16H16ClNO2. The number of oxime groups is 1. The summed E-state index contributed by atoms with van der Waals surface area (Å²) in [6.45, 7) is 4.57.